The molecule has 1 amide bonds. The molecule has 0 unspecified atom stereocenters. The van der Waals surface area contributed by atoms with Crippen LogP contribution in [0.15, 0.2) is 18.2 Å². The van der Waals surface area contributed by atoms with Crippen LogP contribution in [-0.4, -0.2) is 47.3 Å². The molecule has 0 aromatic heterocycles. The van der Waals surface area contributed by atoms with Crippen molar-refractivity contribution in [3.63, 3.8) is 0 Å². The number of rotatable bonds is 3. The van der Waals surface area contributed by atoms with Gasteiger partial charge in [-0.3, -0.25) is 4.79 Å². The highest BCUT2D eigenvalue weighted by Crippen LogP contribution is 2.38. The predicted molar refractivity (Wildman–Crippen MR) is 107 cm³/mol. The maximum atomic E-state index is 12.8. The van der Waals surface area contributed by atoms with Crippen molar-refractivity contribution in [2.75, 3.05) is 0 Å². The van der Waals surface area contributed by atoms with Gasteiger partial charge in [0.1, 0.15) is 0 Å². The van der Waals surface area contributed by atoms with Gasteiger partial charge in [-0.05, 0) is 64.6 Å². The highest BCUT2D eigenvalue weighted by molar-refractivity contribution is 6.62. The number of fused-ring (bicyclic) bond motifs is 2. The van der Waals surface area contributed by atoms with Crippen LogP contribution in [0.3, 0.4) is 0 Å². The Hall–Kier alpha value is -1.75. The fourth-order valence-corrected chi connectivity index (χ4v) is 4.66. The van der Waals surface area contributed by atoms with E-state index in [9.17, 15) is 10.1 Å². The van der Waals surface area contributed by atoms with Gasteiger partial charge in [-0.25, -0.2) is 0 Å². The molecule has 3 fully saturated rings. The largest absolute Gasteiger partial charge is 0.494 e. The number of amides is 1. The molecule has 4 rings (SSSR count). The summed E-state index contributed by atoms with van der Waals surface area (Å²) in [5, 5.41) is 12.7. The Bertz CT molecular complexity index is 838. The summed E-state index contributed by atoms with van der Waals surface area (Å²) in [5.41, 5.74) is 0.340. The van der Waals surface area contributed by atoms with Crippen molar-refractivity contribution in [2.24, 2.45) is 0 Å². The lowest BCUT2D eigenvalue weighted by atomic mass is 9.79. The molecule has 8 heteroatoms. The molecule has 0 spiro atoms. The summed E-state index contributed by atoms with van der Waals surface area (Å²) < 4.78 is 12.1. The molecule has 3 aliphatic heterocycles. The molecule has 2 bridgehead atoms. The molecule has 1 aromatic rings. The second-order valence-corrected chi connectivity index (χ2v) is 9.36. The zero-order valence-electron chi connectivity index (χ0n) is 16.7. The molecule has 1 N–H and O–H groups in total. The summed E-state index contributed by atoms with van der Waals surface area (Å²) in [7, 11) is -0.519. The normalized spacial score (nSPS) is 29.8. The smallest absolute Gasteiger partial charge is 0.399 e. The monoisotopic (exact) mass is 401 g/mol. The van der Waals surface area contributed by atoms with Gasteiger partial charge in [0.25, 0.3) is 5.91 Å². The number of nitrogens with one attached hydrogen (secondary N) is 1. The molecule has 28 heavy (non-hydrogen) atoms. The van der Waals surface area contributed by atoms with Crippen LogP contribution in [0.25, 0.3) is 0 Å². The van der Waals surface area contributed by atoms with Gasteiger partial charge in [0.05, 0.1) is 33.9 Å². The zero-order valence-corrected chi connectivity index (χ0v) is 17.4. The van der Waals surface area contributed by atoms with E-state index < -0.39 is 18.3 Å². The quantitative estimate of drug-likeness (QED) is 0.622. The number of nitriles is 1. The number of carbonyl (C=O) groups excluding carboxylic acids is 1. The van der Waals surface area contributed by atoms with Crippen LogP contribution in [0, 0.1) is 11.5 Å². The molecule has 3 saturated heterocycles. The molecule has 3 atom stereocenters. The lowest BCUT2D eigenvalue weighted by Gasteiger charge is -2.32. The van der Waals surface area contributed by atoms with E-state index in [1.54, 1.807) is 12.1 Å². The maximum absolute atomic E-state index is 12.8. The van der Waals surface area contributed by atoms with E-state index in [0.29, 0.717) is 10.6 Å². The maximum Gasteiger partial charge on any atom is 0.494 e. The van der Waals surface area contributed by atoms with Crippen LogP contribution in [-0.2, 0) is 9.31 Å². The van der Waals surface area contributed by atoms with Crippen LogP contribution in [0.5, 0.6) is 0 Å². The summed E-state index contributed by atoms with van der Waals surface area (Å²) in [4.78, 5) is 14.6. The van der Waals surface area contributed by atoms with Gasteiger partial charge in [0.15, 0.2) is 6.19 Å². The zero-order chi connectivity index (χ0) is 20.3. The molecular formula is C20H25BClN3O3. The van der Waals surface area contributed by atoms with Crippen LogP contribution < -0.4 is 10.8 Å². The first-order valence-electron chi connectivity index (χ1n) is 9.77. The third-order valence-corrected chi connectivity index (χ3v) is 7.04. The van der Waals surface area contributed by atoms with Gasteiger partial charge in [-0.2, -0.15) is 5.26 Å². The van der Waals surface area contributed by atoms with E-state index in [1.807, 2.05) is 38.7 Å². The number of benzene rings is 1. The molecule has 3 aliphatic rings. The molecule has 3 heterocycles. The summed E-state index contributed by atoms with van der Waals surface area (Å²) >= 11 is 6.43. The Morgan fingerprint density at radius 3 is 2.54 bits per heavy atom. The number of carbonyl (C=O) groups is 1. The van der Waals surface area contributed by atoms with Crippen molar-refractivity contribution in [2.45, 2.75) is 76.3 Å². The Morgan fingerprint density at radius 1 is 1.29 bits per heavy atom. The third-order valence-electron chi connectivity index (χ3n) is 6.73. The van der Waals surface area contributed by atoms with Crippen LogP contribution in [0.2, 0.25) is 5.02 Å². The summed E-state index contributed by atoms with van der Waals surface area (Å²) in [6, 6.07) is 5.62. The fraction of sp³-hybridized carbons (Fsp3) is 0.600. The predicted octanol–water partition coefficient (Wildman–Crippen LogP) is 2.46. The summed E-state index contributed by atoms with van der Waals surface area (Å²) in [5.74, 6) is -0.207. The van der Waals surface area contributed by atoms with Gasteiger partial charge < -0.3 is 19.5 Å². The van der Waals surface area contributed by atoms with Crippen LogP contribution in [0.1, 0.15) is 57.3 Å². The van der Waals surface area contributed by atoms with Gasteiger partial charge >= 0.3 is 7.12 Å². The van der Waals surface area contributed by atoms with Gasteiger partial charge in [0, 0.05) is 6.04 Å². The van der Waals surface area contributed by atoms with Crippen molar-refractivity contribution in [1.82, 2.24) is 10.2 Å². The first kappa shape index (κ1) is 19.6. The van der Waals surface area contributed by atoms with E-state index in [4.69, 9.17) is 20.9 Å². The first-order chi connectivity index (χ1) is 13.1. The van der Waals surface area contributed by atoms with Crippen molar-refractivity contribution in [3.05, 3.63) is 28.8 Å². The Balaban J connectivity index is 1.47. The van der Waals surface area contributed by atoms with E-state index in [-0.39, 0.29) is 24.0 Å². The van der Waals surface area contributed by atoms with Crippen molar-refractivity contribution in [3.8, 4) is 6.19 Å². The molecule has 0 aliphatic carbocycles. The Morgan fingerprint density at radius 2 is 1.96 bits per heavy atom. The second kappa shape index (κ2) is 6.65. The molecule has 6 nitrogen and oxygen atoms in total. The summed E-state index contributed by atoms with van der Waals surface area (Å²) in [6.07, 6.45) is 5.04. The highest BCUT2D eigenvalue weighted by atomic mass is 35.5. The second-order valence-electron chi connectivity index (χ2n) is 8.95. The van der Waals surface area contributed by atoms with Gasteiger partial charge in [-0.15, -0.1) is 0 Å². The highest BCUT2D eigenvalue weighted by Gasteiger charge is 2.52. The van der Waals surface area contributed by atoms with Crippen LogP contribution >= 0.6 is 11.6 Å². The lowest BCUT2D eigenvalue weighted by molar-refractivity contribution is 0.00578. The number of hydrogen-bond donors (Lipinski definition) is 1. The van der Waals surface area contributed by atoms with Crippen LogP contribution in [0.4, 0.5) is 0 Å². The minimum absolute atomic E-state index is 0.00950. The first-order valence-corrected chi connectivity index (χ1v) is 10.1. The molecule has 0 radical (unpaired) electrons. The standard InChI is InChI=1S/C20H25BClN3O3/c1-19(2)20(3,4)28-21(27-19)12-5-7-14(15(22)9-12)18(26)24-16-10-13-6-8-17(16)25(13)11-23/h5,7,9,13,16-17H,6,8,10H2,1-4H3,(H,24,26)/t13-,16+,17+/m0/s1. The van der Waals surface area contributed by atoms with Crippen molar-refractivity contribution in [1.29, 1.82) is 5.26 Å². The average Bonchev–Trinajstić information content (AvgIpc) is 3.23. The van der Waals surface area contributed by atoms with E-state index >= 15 is 0 Å². The lowest BCUT2D eigenvalue weighted by Crippen LogP contribution is -2.43. The van der Waals surface area contributed by atoms with E-state index in [2.05, 4.69) is 11.5 Å². The Kier molecular flexibility index (Phi) is 4.65. The van der Waals surface area contributed by atoms with Gasteiger partial charge in [-0.1, -0.05) is 17.7 Å². The third kappa shape index (κ3) is 3.08. The van der Waals surface area contributed by atoms with Crippen molar-refractivity contribution >= 4 is 30.1 Å². The molecule has 0 saturated carbocycles. The molecular weight excluding hydrogens is 377 g/mol. The molecule has 148 valence electrons. The Labute approximate surface area is 171 Å². The van der Waals surface area contributed by atoms with Crippen molar-refractivity contribution < 1.29 is 14.1 Å². The van der Waals surface area contributed by atoms with E-state index in [1.165, 1.54) is 0 Å². The number of hydrogen-bond acceptors (Lipinski definition) is 5. The van der Waals surface area contributed by atoms with E-state index in [0.717, 1.165) is 24.7 Å². The fourth-order valence-electron chi connectivity index (χ4n) is 4.39. The number of nitrogens with zero attached hydrogens (tertiary/aromatic N) is 2. The van der Waals surface area contributed by atoms with Gasteiger partial charge in [0.2, 0.25) is 0 Å². The minimum atomic E-state index is -0.519. The topological polar surface area (TPSA) is 74.6 Å². The number of halogens is 1. The SMILES string of the molecule is CC1(C)OB(c2ccc(C(=O)N[C@@H]3C[C@@H]4CC[C@H]3N4C#N)c(Cl)c2)OC1(C)C. The minimum Gasteiger partial charge on any atom is -0.399 e. The molecule has 1 aromatic carbocycles. The summed E-state index contributed by atoms with van der Waals surface area (Å²) in [6.45, 7) is 7.99. The average molecular weight is 402 g/mol.